The van der Waals surface area contributed by atoms with Gasteiger partial charge in [0.25, 0.3) is 0 Å². The molecule has 10 nitrogen and oxygen atoms in total. The highest BCUT2D eigenvalue weighted by molar-refractivity contribution is 5.96. The molecule has 0 bridgehead atoms. The molecule has 1 fully saturated rings. The summed E-state index contributed by atoms with van der Waals surface area (Å²) in [5.41, 5.74) is 6.61. The Labute approximate surface area is 211 Å². The van der Waals surface area contributed by atoms with Crippen molar-refractivity contribution in [2.45, 2.75) is 18.9 Å². The summed E-state index contributed by atoms with van der Waals surface area (Å²) >= 11 is 0. The van der Waals surface area contributed by atoms with Gasteiger partial charge >= 0.3 is 0 Å². The predicted molar refractivity (Wildman–Crippen MR) is 140 cm³/mol. The Balaban J connectivity index is 1.26. The van der Waals surface area contributed by atoms with Crippen molar-refractivity contribution >= 4 is 21.9 Å². The van der Waals surface area contributed by atoms with E-state index in [9.17, 15) is 0 Å². The number of fused-ring (bicyclic) bond motifs is 2. The van der Waals surface area contributed by atoms with Crippen LogP contribution in [-0.4, -0.2) is 59.3 Å². The third-order valence-corrected chi connectivity index (χ3v) is 6.62. The molecule has 182 valence electrons. The van der Waals surface area contributed by atoms with Crippen molar-refractivity contribution in [1.82, 2.24) is 45.4 Å². The Hall–Kier alpha value is -4.70. The van der Waals surface area contributed by atoms with Gasteiger partial charge in [0.15, 0.2) is 5.82 Å². The zero-order valence-electron chi connectivity index (χ0n) is 19.8. The van der Waals surface area contributed by atoms with E-state index in [-0.39, 0.29) is 6.10 Å². The second-order valence-corrected chi connectivity index (χ2v) is 9.04. The minimum atomic E-state index is 0.203. The molecular weight excluding hydrogens is 466 g/mol. The van der Waals surface area contributed by atoms with Crippen LogP contribution in [0.4, 0.5) is 0 Å². The summed E-state index contributed by atoms with van der Waals surface area (Å²) in [4.78, 5) is 26.0. The number of rotatable bonds is 5. The average Bonchev–Trinajstić information content (AvgIpc) is 3.58. The maximum Gasteiger partial charge on any atom is 0.159 e. The fraction of sp³-hybridized carbons (Fsp3) is 0.185. The van der Waals surface area contributed by atoms with E-state index >= 15 is 0 Å². The van der Waals surface area contributed by atoms with Gasteiger partial charge in [-0.05, 0) is 56.3 Å². The van der Waals surface area contributed by atoms with Crippen molar-refractivity contribution in [3.63, 3.8) is 0 Å². The van der Waals surface area contributed by atoms with E-state index in [0.29, 0.717) is 11.5 Å². The molecule has 0 unspecified atom stereocenters. The summed E-state index contributed by atoms with van der Waals surface area (Å²) < 4.78 is 6.19. The largest absolute Gasteiger partial charge is 0.489 e. The highest BCUT2D eigenvalue weighted by atomic mass is 16.5. The molecule has 0 spiro atoms. The topological polar surface area (TPSA) is 130 Å². The molecule has 3 N–H and O–H groups in total. The molecule has 0 saturated carbocycles. The van der Waals surface area contributed by atoms with Crippen LogP contribution in [-0.2, 0) is 0 Å². The summed E-state index contributed by atoms with van der Waals surface area (Å²) in [7, 11) is 0. The number of pyridine rings is 4. The molecule has 1 saturated heterocycles. The van der Waals surface area contributed by atoms with Gasteiger partial charge in [0.05, 0.1) is 34.8 Å². The van der Waals surface area contributed by atoms with Crippen LogP contribution in [0.15, 0.2) is 67.5 Å². The number of piperidine rings is 1. The molecule has 6 aromatic heterocycles. The third-order valence-electron chi connectivity index (χ3n) is 6.62. The standard InChI is InChI=1S/C27H23N9O/c1-6-28-7-2-16(1)24-26-21(5-10-31-24)33-27(34-26)25-20-12-22(32-15-23(20)35-36-25)17-11-19(14-30-13-17)37-18-3-8-29-9-4-18/h1-2,5-7,10-15,18,29H,3-4,8-9H2,(H,33,34)(H,35,36). The second kappa shape index (κ2) is 9.07. The number of nitrogens with one attached hydrogen (secondary N) is 3. The second-order valence-electron chi connectivity index (χ2n) is 9.04. The average molecular weight is 490 g/mol. The van der Waals surface area contributed by atoms with Crippen molar-refractivity contribution in [1.29, 1.82) is 0 Å². The summed E-state index contributed by atoms with van der Waals surface area (Å²) in [6.07, 6.45) is 12.8. The first-order chi connectivity index (χ1) is 18.3. The maximum absolute atomic E-state index is 6.19. The molecule has 1 aliphatic heterocycles. The number of aromatic nitrogens is 8. The molecule has 0 amide bonds. The van der Waals surface area contributed by atoms with Gasteiger partial charge < -0.3 is 15.0 Å². The zero-order chi connectivity index (χ0) is 24.6. The van der Waals surface area contributed by atoms with Gasteiger partial charge in [-0.1, -0.05) is 0 Å². The minimum absolute atomic E-state index is 0.203. The van der Waals surface area contributed by atoms with Gasteiger partial charge in [-0.15, -0.1) is 0 Å². The summed E-state index contributed by atoms with van der Waals surface area (Å²) in [5, 5.41) is 11.9. The van der Waals surface area contributed by atoms with E-state index in [2.05, 4.69) is 40.4 Å². The minimum Gasteiger partial charge on any atom is -0.489 e. The smallest absolute Gasteiger partial charge is 0.159 e. The molecule has 1 aliphatic rings. The Kier molecular flexibility index (Phi) is 5.29. The lowest BCUT2D eigenvalue weighted by Gasteiger charge is -2.23. The zero-order valence-corrected chi connectivity index (χ0v) is 19.8. The van der Waals surface area contributed by atoms with Crippen LogP contribution in [0, 0.1) is 0 Å². The first kappa shape index (κ1) is 21.6. The molecule has 6 aromatic rings. The van der Waals surface area contributed by atoms with Gasteiger partial charge in [-0.3, -0.25) is 25.0 Å². The van der Waals surface area contributed by atoms with Crippen molar-refractivity contribution in [2.24, 2.45) is 0 Å². The maximum atomic E-state index is 6.19. The van der Waals surface area contributed by atoms with Crippen molar-refractivity contribution in [3.05, 3.63) is 67.5 Å². The molecular formula is C27H23N9O. The van der Waals surface area contributed by atoms with Crippen LogP contribution in [0.3, 0.4) is 0 Å². The highest BCUT2D eigenvalue weighted by Crippen LogP contribution is 2.32. The molecule has 10 heteroatoms. The van der Waals surface area contributed by atoms with Crippen molar-refractivity contribution < 1.29 is 4.74 Å². The van der Waals surface area contributed by atoms with E-state index in [1.807, 2.05) is 30.3 Å². The Bertz CT molecular complexity index is 1700. The molecule has 7 heterocycles. The Morgan fingerprint density at radius 2 is 1.70 bits per heavy atom. The van der Waals surface area contributed by atoms with Crippen LogP contribution in [0.5, 0.6) is 5.75 Å². The fourth-order valence-corrected chi connectivity index (χ4v) is 4.75. The van der Waals surface area contributed by atoms with Gasteiger partial charge in [0, 0.05) is 41.3 Å². The van der Waals surface area contributed by atoms with Crippen molar-refractivity contribution in [3.8, 4) is 39.8 Å². The molecule has 0 aromatic carbocycles. The molecule has 37 heavy (non-hydrogen) atoms. The predicted octanol–water partition coefficient (Wildman–Crippen LogP) is 4.15. The summed E-state index contributed by atoms with van der Waals surface area (Å²) in [6, 6.07) is 9.77. The Morgan fingerprint density at radius 3 is 2.59 bits per heavy atom. The Morgan fingerprint density at radius 1 is 0.811 bits per heavy atom. The van der Waals surface area contributed by atoms with E-state index in [1.165, 1.54) is 0 Å². The van der Waals surface area contributed by atoms with Crippen LogP contribution >= 0.6 is 0 Å². The molecule has 7 rings (SSSR count). The fourth-order valence-electron chi connectivity index (χ4n) is 4.75. The van der Waals surface area contributed by atoms with E-state index in [4.69, 9.17) is 9.72 Å². The number of hydrogen-bond donors (Lipinski definition) is 3. The third kappa shape index (κ3) is 4.07. The van der Waals surface area contributed by atoms with Crippen LogP contribution in [0.25, 0.3) is 56.0 Å². The molecule has 0 aliphatic carbocycles. The van der Waals surface area contributed by atoms with Crippen LogP contribution < -0.4 is 10.1 Å². The van der Waals surface area contributed by atoms with Crippen LogP contribution in [0.1, 0.15) is 12.8 Å². The first-order valence-electron chi connectivity index (χ1n) is 12.2. The van der Waals surface area contributed by atoms with E-state index < -0.39 is 0 Å². The number of aromatic amines is 2. The number of nitrogens with zero attached hydrogens (tertiary/aromatic N) is 6. The number of ether oxygens (including phenoxy) is 1. The lowest BCUT2D eigenvalue weighted by molar-refractivity contribution is 0.162. The first-order valence-corrected chi connectivity index (χ1v) is 12.2. The van der Waals surface area contributed by atoms with Gasteiger partial charge in [-0.25, -0.2) is 4.98 Å². The molecule has 0 atom stereocenters. The van der Waals surface area contributed by atoms with Crippen molar-refractivity contribution in [2.75, 3.05) is 13.1 Å². The quantitative estimate of drug-likeness (QED) is 0.329. The van der Waals surface area contributed by atoms with Gasteiger partial charge in [-0.2, -0.15) is 5.10 Å². The van der Waals surface area contributed by atoms with Gasteiger partial charge in [0.1, 0.15) is 23.1 Å². The lowest BCUT2D eigenvalue weighted by atomic mass is 10.1. The van der Waals surface area contributed by atoms with E-state index in [1.54, 1.807) is 37.2 Å². The molecule has 0 radical (unpaired) electrons. The van der Waals surface area contributed by atoms with Gasteiger partial charge in [0.2, 0.25) is 0 Å². The monoisotopic (exact) mass is 489 g/mol. The van der Waals surface area contributed by atoms with E-state index in [0.717, 1.165) is 76.1 Å². The number of imidazole rings is 1. The SMILES string of the molecule is c1cc(-c2nccc3[nH]c(-c4n[nH]c5cnc(-c6cncc(OC7CCNCC7)c6)cc45)nc23)ccn1. The summed E-state index contributed by atoms with van der Waals surface area (Å²) in [5.74, 6) is 1.41. The summed E-state index contributed by atoms with van der Waals surface area (Å²) in [6.45, 7) is 1.95. The normalized spacial score (nSPS) is 14.4. The highest BCUT2D eigenvalue weighted by Gasteiger charge is 2.18. The number of hydrogen-bond acceptors (Lipinski definition) is 8. The van der Waals surface area contributed by atoms with Crippen LogP contribution in [0.2, 0.25) is 0 Å². The lowest BCUT2D eigenvalue weighted by Crippen LogP contribution is -2.34. The number of H-pyrrole nitrogens is 2.